The summed E-state index contributed by atoms with van der Waals surface area (Å²) in [6, 6.07) is 5.04. The highest BCUT2D eigenvalue weighted by Crippen LogP contribution is 2.32. The molecule has 0 heterocycles. The molecule has 0 fully saturated rings. The molecule has 0 aliphatic rings. The summed E-state index contributed by atoms with van der Waals surface area (Å²) in [5, 5.41) is 0. The van der Waals surface area contributed by atoms with Gasteiger partial charge in [0.2, 0.25) is 10.0 Å². The van der Waals surface area contributed by atoms with Gasteiger partial charge in [0, 0.05) is 22.0 Å². The Kier molecular flexibility index (Phi) is 5.26. The lowest BCUT2D eigenvalue weighted by molar-refractivity contribution is 0.216. The molecule has 0 N–H and O–H groups in total. The van der Waals surface area contributed by atoms with Crippen molar-refractivity contribution < 1.29 is 8.42 Å². The maximum absolute atomic E-state index is 12.7. The van der Waals surface area contributed by atoms with E-state index >= 15 is 0 Å². The standard InChI is InChI=1S/C13H19Br2NO2S/c1-9(13(2,3)4)16(5)19(17,18)12-8-10(14)6-7-11(12)15/h6-9H,1-5H3. The van der Waals surface area contributed by atoms with Crippen LogP contribution in [0.4, 0.5) is 0 Å². The number of hydrogen-bond acceptors (Lipinski definition) is 2. The minimum absolute atomic E-state index is 0.108. The van der Waals surface area contributed by atoms with Crippen molar-refractivity contribution in [2.24, 2.45) is 5.41 Å². The predicted octanol–water partition coefficient (Wildman–Crippen LogP) is 4.27. The summed E-state index contributed by atoms with van der Waals surface area (Å²) in [4.78, 5) is 0.278. The maximum Gasteiger partial charge on any atom is 0.244 e. The van der Waals surface area contributed by atoms with Gasteiger partial charge in [0.15, 0.2) is 0 Å². The first-order valence-electron chi connectivity index (χ1n) is 5.91. The molecule has 0 bridgehead atoms. The molecule has 1 unspecified atom stereocenters. The van der Waals surface area contributed by atoms with Gasteiger partial charge in [0.05, 0.1) is 4.90 Å². The molecule has 19 heavy (non-hydrogen) atoms. The van der Waals surface area contributed by atoms with Crippen LogP contribution in [0.3, 0.4) is 0 Å². The summed E-state index contributed by atoms with van der Waals surface area (Å²) < 4.78 is 28.1. The first-order valence-corrected chi connectivity index (χ1v) is 8.93. The molecule has 0 aliphatic carbocycles. The quantitative estimate of drug-likeness (QED) is 0.743. The monoisotopic (exact) mass is 411 g/mol. The molecule has 0 aliphatic heterocycles. The van der Waals surface area contributed by atoms with E-state index in [0.717, 1.165) is 4.47 Å². The average Bonchev–Trinajstić information content (AvgIpc) is 2.28. The van der Waals surface area contributed by atoms with Crippen LogP contribution in [0.1, 0.15) is 27.7 Å². The van der Waals surface area contributed by atoms with Gasteiger partial charge in [0.1, 0.15) is 0 Å². The van der Waals surface area contributed by atoms with Crippen molar-refractivity contribution in [3.05, 3.63) is 27.1 Å². The van der Waals surface area contributed by atoms with Crippen molar-refractivity contribution in [2.75, 3.05) is 7.05 Å². The molecule has 3 nitrogen and oxygen atoms in total. The first-order chi connectivity index (χ1) is 8.48. The van der Waals surface area contributed by atoms with Crippen molar-refractivity contribution >= 4 is 41.9 Å². The fraction of sp³-hybridized carbons (Fsp3) is 0.538. The van der Waals surface area contributed by atoms with E-state index in [4.69, 9.17) is 0 Å². The predicted molar refractivity (Wildman–Crippen MR) is 85.7 cm³/mol. The van der Waals surface area contributed by atoms with Gasteiger partial charge in [-0.2, -0.15) is 4.31 Å². The number of halogens is 2. The number of sulfonamides is 1. The van der Waals surface area contributed by atoms with Crippen molar-refractivity contribution in [1.29, 1.82) is 0 Å². The van der Waals surface area contributed by atoms with Crippen LogP contribution in [0.2, 0.25) is 0 Å². The van der Waals surface area contributed by atoms with Crippen LogP contribution >= 0.6 is 31.9 Å². The zero-order valence-corrected chi connectivity index (χ0v) is 15.7. The lowest BCUT2D eigenvalue weighted by Crippen LogP contribution is -2.42. The van der Waals surface area contributed by atoms with Gasteiger partial charge in [-0.25, -0.2) is 8.42 Å². The van der Waals surface area contributed by atoms with Gasteiger partial charge in [-0.1, -0.05) is 36.7 Å². The van der Waals surface area contributed by atoms with E-state index in [9.17, 15) is 8.42 Å². The summed E-state index contributed by atoms with van der Waals surface area (Å²) in [5.41, 5.74) is -0.125. The molecule has 6 heteroatoms. The molecule has 1 aromatic rings. The summed E-state index contributed by atoms with van der Waals surface area (Å²) in [6.07, 6.45) is 0. The molecule has 108 valence electrons. The van der Waals surface area contributed by atoms with Crippen LogP contribution in [0.5, 0.6) is 0 Å². The third-order valence-corrected chi connectivity index (χ3v) is 6.76. The fourth-order valence-electron chi connectivity index (χ4n) is 1.58. The van der Waals surface area contributed by atoms with Crippen molar-refractivity contribution in [3.63, 3.8) is 0 Å². The number of hydrogen-bond donors (Lipinski definition) is 0. The van der Waals surface area contributed by atoms with Gasteiger partial charge >= 0.3 is 0 Å². The van der Waals surface area contributed by atoms with E-state index in [2.05, 4.69) is 31.9 Å². The van der Waals surface area contributed by atoms with Crippen LogP contribution in [0, 0.1) is 5.41 Å². The number of rotatable bonds is 3. The summed E-state index contributed by atoms with van der Waals surface area (Å²) in [7, 11) is -1.89. The molecule has 1 aromatic carbocycles. The van der Waals surface area contributed by atoms with Crippen molar-refractivity contribution in [3.8, 4) is 0 Å². The average molecular weight is 413 g/mol. The van der Waals surface area contributed by atoms with E-state index in [1.54, 1.807) is 25.2 Å². The van der Waals surface area contributed by atoms with E-state index in [-0.39, 0.29) is 16.4 Å². The van der Waals surface area contributed by atoms with Gasteiger partial charge in [-0.05, 0) is 46.5 Å². The Bertz CT molecular complexity index is 564. The second kappa shape index (κ2) is 5.84. The van der Waals surface area contributed by atoms with Gasteiger partial charge < -0.3 is 0 Å². The highest BCUT2D eigenvalue weighted by atomic mass is 79.9. The molecule has 0 radical (unpaired) electrons. The normalized spacial score (nSPS) is 14.7. The summed E-state index contributed by atoms with van der Waals surface area (Å²) in [6.45, 7) is 8.00. The SMILES string of the molecule is CC(N(C)S(=O)(=O)c1cc(Br)ccc1Br)C(C)(C)C. The first kappa shape index (κ1) is 17.1. The molecule has 1 rings (SSSR count). The molecule has 0 saturated heterocycles. The van der Waals surface area contributed by atoms with Gasteiger partial charge in [-0.15, -0.1) is 0 Å². The van der Waals surface area contributed by atoms with Crippen LogP contribution in [0.25, 0.3) is 0 Å². The second-order valence-corrected chi connectivity index (χ2v) is 9.37. The molecular formula is C13H19Br2NO2S. The topological polar surface area (TPSA) is 37.4 Å². The van der Waals surface area contributed by atoms with Crippen LogP contribution in [-0.2, 0) is 10.0 Å². The molecule has 0 aromatic heterocycles. The maximum atomic E-state index is 12.7. The highest BCUT2D eigenvalue weighted by molar-refractivity contribution is 9.11. The Morgan fingerprint density at radius 3 is 2.21 bits per heavy atom. The zero-order chi connectivity index (χ0) is 15.0. The Labute approximate surface area is 132 Å². The molecule has 0 amide bonds. The Hall–Kier alpha value is 0.0900. The number of nitrogens with zero attached hydrogens (tertiary/aromatic N) is 1. The van der Waals surface area contributed by atoms with E-state index in [0.29, 0.717) is 4.47 Å². The molecule has 0 saturated carbocycles. The van der Waals surface area contributed by atoms with Crippen LogP contribution < -0.4 is 0 Å². The van der Waals surface area contributed by atoms with Crippen LogP contribution in [0.15, 0.2) is 32.0 Å². The van der Waals surface area contributed by atoms with Gasteiger partial charge in [-0.3, -0.25) is 0 Å². The molecule has 1 atom stereocenters. The molecule has 0 spiro atoms. The fourth-order valence-corrected chi connectivity index (χ4v) is 4.59. The Morgan fingerprint density at radius 1 is 1.21 bits per heavy atom. The van der Waals surface area contributed by atoms with Crippen molar-refractivity contribution in [1.82, 2.24) is 4.31 Å². The summed E-state index contributed by atoms with van der Waals surface area (Å²) >= 11 is 6.62. The minimum Gasteiger partial charge on any atom is -0.207 e. The highest BCUT2D eigenvalue weighted by Gasteiger charge is 2.33. The molecular weight excluding hydrogens is 394 g/mol. The van der Waals surface area contributed by atoms with E-state index in [1.165, 1.54) is 4.31 Å². The number of benzene rings is 1. The smallest absolute Gasteiger partial charge is 0.207 e. The second-order valence-electron chi connectivity index (χ2n) is 5.64. The minimum atomic E-state index is -3.52. The van der Waals surface area contributed by atoms with Crippen LogP contribution in [-0.4, -0.2) is 25.8 Å². The van der Waals surface area contributed by atoms with Gasteiger partial charge in [0.25, 0.3) is 0 Å². The third-order valence-electron chi connectivity index (χ3n) is 3.35. The van der Waals surface area contributed by atoms with Crippen molar-refractivity contribution in [2.45, 2.75) is 38.6 Å². The third kappa shape index (κ3) is 3.80. The van der Waals surface area contributed by atoms with E-state index in [1.807, 2.05) is 27.7 Å². The Balaban J connectivity index is 3.28. The zero-order valence-electron chi connectivity index (χ0n) is 11.7. The lowest BCUT2D eigenvalue weighted by atomic mass is 9.88. The summed E-state index contributed by atoms with van der Waals surface area (Å²) in [5.74, 6) is 0. The Morgan fingerprint density at radius 2 is 1.74 bits per heavy atom. The largest absolute Gasteiger partial charge is 0.244 e. The lowest BCUT2D eigenvalue weighted by Gasteiger charge is -2.34. The van der Waals surface area contributed by atoms with E-state index < -0.39 is 10.0 Å².